The van der Waals surface area contributed by atoms with Gasteiger partial charge in [0.1, 0.15) is 5.58 Å². The van der Waals surface area contributed by atoms with Gasteiger partial charge in [0.2, 0.25) is 0 Å². The number of anilines is 1. The van der Waals surface area contributed by atoms with E-state index in [1.165, 1.54) is 0 Å². The highest BCUT2D eigenvalue weighted by atomic mass is 16.3. The Morgan fingerprint density at radius 3 is 2.59 bits per heavy atom. The first-order valence-electron chi connectivity index (χ1n) is 11.3. The van der Waals surface area contributed by atoms with Crippen molar-refractivity contribution in [2.75, 3.05) is 31.5 Å². The second-order valence-electron chi connectivity index (χ2n) is 8.58. The smallest absolute Gasteiger partial charge is 0.319 e. The molecular weight excluding hydrogens is 404 g/mol. The summed E-state index contributed by atoms with van der Waals surface area (Å²) in [5.74, 6) is 0.703. The average Bonchev–Trinajstić information content (AvgIpc) is 3.25. The fraction of sp³-hybridized carbons (Fsp3) is 0.360. The van der Waals surface area contributed by atoms with Crippen molar-refractivity contribution in [3.05, 3.63) is 54.3 Å². The molecule has 3 aliphatic heterocycles. The Morgan fingerprint density at radius 2 is 1.84 bits per heavy atom. The highest BCUT2D eigenvalue weighted by Gasteiger charge is 2.35. The van der Waals surface area contributed by atoms with Crippen LogP contribution in [0.15, 0.2) is 52.9 Å². The van der Waals surface area contributed by atoms with E-state index in [9.17, 15) is 9.59 Å². The first kappa shape index (κ1) is 20.6. The number of para-hydroxylation sites is 2. The van der Waals surface area contributed by atoms with Crippen LogP contribution < -0.4 is 16.0 Å². The zero-order valence-electron chi connectivity index (χ0n) is 18.2. The number of rotatable bonds is 5. The van der Waals surface area contributed by atoms with Crippen molar-refractivity contribution in [1.82, 2.24) is 15.5 Å². The molecule has 1 atom stereocenters. The van der Waals surface area contributed by atoms with Gasteiger partial charge in [0.05, 0.1) is 5.69 Å². The lowest BCUT2D eigenvalue weighted by molar-refractivity contribution is 0.0607. The molecule has 32 heavy (non-hydrogen) atoms. The molecule has 7 heteroatoms. The van der Waals surface area contributed by atoms with Crippen LogP contribution in [0.3, 0.4) is 0 Å². The van der Waals surface area contributed by atoms with Crippen molar-refractivity contribution < 1.29 is 14.0 Å². The third-order valence-corrected chi connectivity index (χ3v) is 6.54. The van der Waals surface area contributed by atoms with Crippen LogP contribution in [-0.4, -0.2) is 49.1 Å². The van der Waals surface area contributed by atoms with E-state index in [0.717, 1.165) is 49.0 Å². The number of hydrogen-bond donors (Lipinski definition) is 3. The van der Waals surface area contributed by atoms with Gasteiger partial charge in [0.25, 0.3) is 5.91 Å². The van der Waals surface area contributed by atoms with Crippen molar-refractivity contribution in [3.63, 3.8) is 0 Å². The summed E-state index contributed by atoms with van der Waals surface area (Å²) in [4.78, 5) is 27.5. The summed E-state index contributed by atoms with van der Waals surface area (Å²) >= 11 is 0. The maximum Gasteiger partial charge on any atom is 0.319 e. The number of nitrogens with one attached hydrogen (secondary N) is 3. The molecule has 6 rings (SSSR count). The molecule has 3 N–H and O–H groups in total. The Morgan fingerprint density at radius 1 is 1.06 bits per heavy atom. The van der Waals surface area contributed by atoms with Crippen molar-refractivity contribution in [1.29, 1.82) is 0 Å². The maximum atomic E-state index is 13.0. The number of furan rings is 1. The Kier molecular flexibility index (Phi) is 5.57. The number of hydrogen-bond acceptors (Lipinski definition) is 4. The van der Waals surface area contributed by atoms with Gasteiger partial charge < -0.3 is 25.3 Å². The van der Waals surface area contributed by atoms with Gasteiger partial charge in [-0.15, -0.1) is 0 Å². The molecule has 0 aliphatic carbocycles. The molecule has 0 unspecified atom stereocenters. The van der Waals surface area contributed by atoms with E-state index < -0.39 is 0 Å². The van der Waals surface area contributed by atoms with Gasteiger partial charge in [-0.05, 0) is 50.9 Å². The first-order chi connectivity index (χ1) is 15.6. The number of benzene rings is 2. The molecule has 1 aromatic heterocycles. The number of piperidine rings is 3. The molecule has 4 heterocycles. The summed E-state index contributed by atoms with van der Waals surface area (Å²) < 4.78 is 6.09. The van der Waals surface area contributed by atoms with E-state index in [0.29, 0.717) is 29.5 Å². The van der Waals surface area contributed by atoms with Crippen LogP contribution in [-0.2, 0) is 0 Å². The normalized spacial score (nSPS) is 22.0. The summed E-state index contributed by atoms with van der Waals surface area (Å²) in [6, 6.07) is 15.1. The zero-order chi connectivity index (χ0) is 22.1. The summed E-state index contributed by atoms with van der Waals surface area (Å²) in [6.07, 6.45) is 2.29. The van der Waals surface area contributed by atoms with Crippen LogP contribution >= 0.6 is 0 Å². The fourth-order valence-electron chi connectivity index (χ4n) is 4.91. The van der Waals surface area contributed by atoms with E-state index >= 15 is 0 Å². The van der Waals surface area contributed by atoms with Crippen LogP contribution in [0.1, 0.15) is 30.3 Å². The molecule has 3 aliphatic rings. The monoisotopic (exact) mass is 432 g/mol. The van der Waals surface area contributed by atoms with Gasteiger partial charge in [-0.1, -0.05) is 36.4 Å². The van der Waals surface area contributed by atoms with Crippen molar-refractivity contribution in [2.45, 2.75) is 25.8 Å². The predicted octanol–water partition coefficient (Wildman–Crippen LogP) is 4.07. The number of urea groups is 1. The van der Waals surface area contributed by atoms with Gasteiger partial charge >= 0.3 is 6.03 Å². The second kappa shape index (κ2) is 8.67. The Labute approximate surface area is 187 Å². The molecule has 2 bridgehead atoms. The van der Waals surface area contributed by atoms with Gasteiger partial charge in [-0.3, -0.25) is 4.79 Å². The van der Waals surface area contributed by atoms with E-state index in [-0.39, 0.29) is 18.0 Å². The number of carbonyl (C=O) groups is 2. The molecule has 0 spiro atoms. The van der Waals surface area contributed by atoms with E-state index in [4.69, 9.17) is 4.42 Å². The minimum Gasteiger partial charge on any atom is -0.450 e. The first-order valence-corrected chi connectivity index (χ1v) is 11.3. The van der Waals surface area contributed by atoms with Crippen molar-refractivity contribution >= 4 is 28.6 Å². The van der Waals surface area contributed by atoms with E-state index in [1.807, 2.05) is 49.4 Å². The molecule has 166 valence electrons. The highest BCUT2D eigenvalue weighted by Crippen LogP contribution is 2.35. The van der Waals surface area contributed by atoms with Gasteiger partial charge in [0, 0.05) is 35.6 Å². The lowest BCUT2D eigenvalue weighted by Crippen LogP contribution is -2.57. The van der Waals surface area contributed by atoms with Gasteiger partial charge in [-0.2, -0.15) is 0 Å². The molecular formula is C25H28N4O3. The number of carbonyl (C=O) groups excluding carboxylic acids is 2. The number of fused-ring (bicyclic) bond motifs is 4. The standard InChI is InChI=1S/C25H28N4O3/c1-2-26-25(31)28-20-9-4-3-7-18(20)19-8-5-6-17-14-22(32-23(17)19)24(30)27-21-15-29-12-10-16(21)11-13-29/h3-9,14,16,21H,2,10-13,15H2,1H3,(H,27,30)(H2,26,28,31)/t21-/m0/s1. The topological polar surface area (TPSA) is 86.6 Å². The van der Waals surface area contributed by atoms with Crippen LogP contribution in [0.4, 0.5) is 10.5 Å². The van der Waals surface area contributed by atoms with Crippen LogP contribution in [0.25, 0.3) is 22.1 Å². The predicted molar refractivity (Wildman–Crippen MR) is 125 cm³/mol. The number of amides is 3. The zero-order valence-corrected chi connectivity index (χ0v) is 18.2. The summed E-state index contributed by atoms with van der Waals surface area (Å²) in [5, 5.41) is 9.70. The van der Waals surface area contributed by atoms with Crippen molar-refractivity contribution in [3.8, 4) is 11.1 Å². The van der Waals surface area contributed by atoms with Crippen molar-refractivity contribution in [2.24, 2.45) is 5.92 Å². The molecule has 3 amide bonds. The minimum atomic E-state index is -0.260. The quantitative estimate of drug-likeness (QED) is 0.567. The Bertz CT molecular complexity index is 1150. The molecule has 3 fully saturated rings. The SMILES string of the molecule is CCNC(=O)Nc1ccccc1-c1cccc2cc(C(=O)N[C@H]3CN4CCC3CC4)oc12. The minimum absolute atomic E-state index is 0.167. The van der Waals surface area contributed by atoms with Crippen LogP contribution in [0, 0.1) is 5.92 Å². The molecule has 3 saturated heterocycles. The average molecular weight is 433 g/mol. The third-order valence-electron chi connectivity index (χ3n) is 6.54. The van der Waals surface area contributed by atoms with Crippen LogP contribution in [0.2, 0.25) is 0 Å². The fourth-order valence-corrected chi connectivity index (χ4v) is 4.91. The molecule has 2 aromatic carbocycles. The van der Waals surface area contributed by atoms with Gasteiger partial charge in [-0.25, -0.2) is 4.79 Å². The molecule has 3 aromatic rings. The summed E-state index contributed by atoms with van der Waals surface area (Å²) in [5.41, 5.74) is 2.98. The molecule has 0 saturated carbocycles. The van der Waals surface area contributed by atoms with Crippen LogP contribution in [0.5, 0.6) is 0 Å². The molecule has 7 nitrogen and oxygen atoms in total. The maximum absolute atomic E-state index is 13.0. The molecule has 0 radical (unpaired) electrons. The third kappa shape index (κ3) is 3.96. The number of nitrogens with zero attached hydrogens (tertiary/aromatic N) is 1. The van der Waals surface area contributed by atoms with E-state index in [2.05, 4.69) is 20.9 Å². The van der Waals surface area contributed by atoms with Gasteiger partial charge in [0.15, 0.2) is 5.76 Å². The Balaban J connectivity index is 1.43. The lowest BCUT2D eigenvalue weighted by Gasteiger charge is -2.44. The lowest BCUT2D eigenvalue weighted by atomic mass is 9.84. The second-order valence-corrected chi connectivity index (χ2v) is 8.58. The highest BCUT2D eigenvalue weighted by molar-refractivity contribution is 6.03. The Hall–Kier alpha value is -3.32. The summed E-state index contributed by atoms with van der Waals surface area (Å²) in [7, 11) is 0. The largest absolute Gasteiger partial charge is 0.450 e. The van der Waals surface area contributed by atoms with E-state index in [1.54, 1.807) is 6.07 Å². The summed E-state index contributed by atoms with van der Waals surface area (Å²) in [6.45, 7) is 5.60.